The van der Waals surface area contributed by atoms with Crippen LogP contribution in [0.25, 0.3) is 0 Å². The molecule has 0 aromatic heterocycles. The molecular formula is C6H7-. The molecule has 0 aliphatic rings. The fraction of sp³-hybridized carbons (Fsp3) is 0.333. The quantitative estimate of drug-likeness (QED) is 0.304. The van der Waals surface area contributed by atoms with Crippen molar-refractivity contribution in [3.8, 4) is 12.3 Å². The lowest BCUT2D eigenvalue weighted by Gasteiger charge is -1.91. The zero-order valence-corrected chi connectivity index (χ0v) is 4.08. The van der Waals surface area contributed by atoms with E-state index in [4.69, 9.17) is 6.42 Å². The molecule has 0 fully saturated rings. The Kier molecular flexibility index (Phi) is 2.24. The minimum absolute atomic E-state index is 0.870. The van der Waals surface area contributed by atoms with Gasteiger partial charge in [-0.2, -0.15) is 5.57 Å². The van der Waals surface area contributed by atoms with Gasteiger partial charge in [-0.05, 0) is 0 Å². The molecule has 0 aromatic carbocycles. The number of terminal acetylenes is 1. The van der Waals surface area contributed by atoms with E-state index in [0.717, 1.165) is 5.57 Å². The Labute approximate surface area is 38.9 Å². The smallest absolute Gasteiger partial charge is 0.0682 e. The third-order valence-electron chi connectivity index (χ3n) is 0.592. The second kappa shape index (κ2) is 2.53. The van der Waals surface area contributed by atoms with Crippen molar-refractivity contribution in [2.45, 2.75) is 13.8 Å². The summed E-state index contributed by atoms with van der Waals surface area (Å²) >= 11 is 0. The molecule has 0 N–H and O–H groups in total. The summed E-state index contributed by atoms with van der Waals surface area (Å²) in [5.41, 5.74) is 0.870. The second-order valence-corrected chi connectivity index (χ2v) is 1.02. The molecule has 0 saturated carbocycles. The predicted octanol–water partition coefficient (Wildman–Crippen LogP) is 1.39. The van der Waals surface area contributed by atoms with Crippen molar-refractivity contribution >= 4 is 0 Å². The van der Waals surface area contributed by atoms with Gasteiger partial charge in [0.2, 0.25) is 0 Å². The third kappa shape index (κ3) is 1.60. The Morgan fingerprint density at radius 1 is 1.83 bits per heavy atom. The van der Waals surface area contributed by atoms with Gasteiger partial charge in [-0.1, -0.05) is 6.92 Å². The van der Waals surface area contributed by atoms with Gasteiger partial charge in [-0.15, -0.1) is 6.92 Å². The SMILES string of the molecule is C#CC(C)=[C-]C. The standard InChI is InChI=1S/C6H7/c1-4-6(3)5-2/h1H,2-3H3/q-1. The van der Waals surface area contributed by atoms with Crippen LogP contribution in [0.2, 0.25) is 0 Å². The van der Waals surface area contributed by atoms with Gasteiger partial charge in [-0.3, -0.25) is 6.08 Å². The van der Waals surface area contributed by atoms with Crippen molar-refractivity contribution in [1.82, 2.24) is 0 Å². The highest BCUT2D eigenvalue weighted by atomic mass is 13.7. The van der Waals surface area contributed by atoms with Crippen molar-refractivity contribution in [1.29, 1.82) is 0 Å². The molecule has 0 bridgehead atoms. The molecule has 32 valence electrons. The second-order valence-electron chi connectivity index (χ2n) is 1.02. The largest absolute Gasteiger partial charge is 0.307 e. The van der Waals surface area contributed by atoms with E-state index in [1.165, 1.54) is 0 Å². The van der Waals surface area contributed by atoms with Crippen LogP contribution >= 0.6 is 0 Å². The fourth-order valence-electron chi connectivity index (χ4n) is 0.0722. The number of hydrogen-bond acceptors (Lipinski definition) is 0. The molecule has 0 unspecified atom stereocenters. The summed E-state index contributed by atoms with van der Waals surface area (Å²) in [6, 6.07) is 0. The summed E-state index contributed by atoms with van der Waals surface area (Å²) in [4.78, 5) is 0. The zero-order chi connectivity index (χ0) is 4.99. The Bertz CT molecular complexity index is 91.1. The first-order chi connectivity index (χ1) is 2.81. The molecule has 0 spiro atoms. The lowest BCUT2D eigenvalue weighted by Crippen LogP contribution is -1.59. The summed E-state index contributed by atoms with van der Waals surface area (Å²) in [6.45, 7) is 3.65. The topological polar surface area (TPSA) is 0 Å². The monoisotopic (exact) mass is 79.1 g/mol. The predicted molar refractivity (Wildman–Crippen MR) is 26.9 cm³/mol. The third-order valence-corrected chi connectivity index (χ3v) is 0.592. The van der Waals surface area contributed by atoms with Gasteiger partial charge < -0.3 is 5.92 Å². The van der Waals surface area contributed by atoms with E-state index in [0.29, 0.717) is 0 Å². The van der Waals surface area contributed by atoms with Crippen molar-refractivity contribution in [2.24, 2.45) is 0 Å². The summed E-state index contributed by atoms with van der Waals surface area (Å²) < 4.78 is 0. The molecular weight excluding hydrogens is 72.1 g/mol. The maximum absolute atomic E-state index is 4.93. The summed E-state index contributed by atoms with van der Waals surface area (Å²) in [7, 11) is 0. The first-order valence-corrected chi connectivity index (χ1v) is 1.79. The maximum atomic E-state index is 4.93. The molecule has 0 rings (SSSR count). The highest BCUT2D eigenvalue weighted by Gasteiger charge is 1.50. The van der Waals surface area contributed by atoms with Gasteiger partial charge in [0.15, 0.2) is 0 Å². The van der Waals surface area contributed by atoms with Crippen LogP contribution in [0.5, 0.6) is 0 Å². The van der Waals surface area contributed by atoms with Gasteiger partial charge in [0.05, 0.1) is 0 Å². The van der Waals surface area contributed by atoms with E-state index < -0.39 is 0 Å². The Hall–Kier alpha value is -0.700. The number of allylic oxidation sites excluding steroid dienone is 2. The van der Waals surface area contributed by atoms with Gasteiger partial charge >= 0.3 is 0 Å². The summed E-state index contributed by atoms with van der Waals surface area (Å²) in [6.07, 6.45) is 7.73. The average molecular weight is 79.1 g/mol. The lowest BCUT2D eigenvalue weighted by atomic mass is 10.3. The fourth-order valence-corrected chi connectivity index (χ4v) is 0.0722. The highest BCUT2D eigenvalue weighted by molar-refractivity contribution is 5.18. The van der Waals surface area contributed by atoms with Crippen molar-refractivity contribution in [2.75, 3.05) is 0 Å². The Balaban J connectivity index is 3.61. The first-order valence-electron chi connectivity index (χ1n) is 1.79. The normalized spacial score (nSPS) is 10.5. The molecule has 0 atom stereocenters. The Morgan fingerprint density at radius 2 is 2.33 bits per heavy atom. The molecule has 0 saturated heterocycles. The van der Waals surface area contributed by atoms with E-state index >= 15 is 0 Å². The molecule has 0 aromatic rings. The molecule has 0 heteroatoms. The van der Waals surface area contributed by atoms with Crippen molar-refractivity contribution in [3.05, 3.63) is 11.6 Å². The van der Waals surface area contributed by atoms with E-state index in [1.807, 2.05) is 6.92 Å². The van der Waals surface area contributed by atoms with E-state index in [1.54, 1.807) is 6.92 Å². The first kappa shape index (κ1) is 5.30. The lowest BCUT2D eigenvalue weighted by molar-refractivity contribution is 1.47. The molecule has 0 radical (unpaired) electrons. The van der Waals surface area contributed by atoms with Crippen LogP contribution in [0.4, 0.5) is 0 Å². The Morgan fingerprint density at radius 3 is 2.33 bits per heavy atom. The minimum Gasteiger partial charge on any atom is -0.307 e. The number of rotatable bonds is 0. The van der Waals surface area contributed by atoms with Crippen LogP contribution in [0.1, 0.15) is 13.8 Å². The molecule has 0 nitrogen and oxygen atoms in total. The van der Waals surface area contributed by atoms with Crippen LogP contribution in [-0.2, 0) is 0 Å². The van der Waals surface area contributed by atoms with Gasteiger partial charge in [0.25, 0.3) is 0 Å². The summed E-state index contributed by atoms with van der Waals surface area (Å²) in [5.74, 6) is 2.42. The number of hydrogen-bond donors (Lipinski definition) is 0. The van der Waals surface area contributed by atoms with Crippen molar-refractivity contribution < 1.29 is 0 Å². The maximum Gasteiger partial charge on any atom is -0.0682 e. The van der Waals surface area contributed by atoms with Crippen LogP contribution in [0, 0.1) is 18.4 Å². The van der Waals surface area contributed by atoms with Crippen LogP contribution < -0.4 is 0 Å². The average Bonchev–Trinajstić information content (AvgIpc) is 1.65. The summed E-state index contributed by atoms with van der Waals surface area (Å²) in [5, 5.41) is 0. The molecule has 0 heterocycles. The molecule has 0 aliphatic heterocycles. The highest BCUT2D eigenvalue weighted by Crippen LogP contribution is 1.81. The van der Waals surface area contributed by atoms with Crippen LogP contribution in [0.3, 0.4) is 0 Å². The zero-order valence-electron chi connectivity index (χ0n) is 4.08. The van der Waals surface area contributed by atoms with Gasteiger partial charge in [-0.25, -0.2) is 6.42 Å². The van der Waals surface area contributed by atoms with E-state index in [2.05, 4.69) is 12.0 Å². The van der Waals surface area contributed by atoms with E-state index in [9.17, 15) is 0 Å². The molecule has 0 aliphatic carbocycles. The van der Waals surface area contributed by atoms with Gasteiger partial charge in [0, 0.05) is 0 Å². The van der Waals surface area contributed by atoms with E-state index in [-0.39, 0.29) is 0 Å². The minimum atomic E-state index is 0.870. The molecule has 6 heavy (non-hydrogen) atoms. The van der Waals surface area contributed by atoms with Crippen LogP contribution in [-0.4, -0.2) is 0 Å². The molecule has 0 amide bonds. The van der Waals surface area contributed by atoms with Crippen molar-refractivity contribution in [3.63, 3.8) is 0 Å². The van der Waals surface area contributed by atoms with Crippen LogP contribution in [0.15, 0.2) is 5.57 Å². The van der Waals surface area contributed by atoms with Gasteiger partial charge in [0.1, 0.15) is 0 Å².